The Morgan fingerprint density at radius 3 is 2.30 bits per heavy atom. The van der Waals surface area contributed by atoms with E-state index in [9.17, 15) is 8.42 Å². The fourth-order valence-electron chi connectivity index (χ4n) is 1.73. The van der Waals surface area contributed by atoms with Gasteiger partial charge in [0.25, 0.3) is 0 Å². The van der Waals surface area contributed by atoms with Gasteiger partial charge in [0, 0.05) is 17.6 Å². The van der Waals surface area contributed by atoms with Crippen molar-refractivity contribution in [3.63, 3.8) is 0 Å². The average Bonchev–Trinajstić information content (AvgIpc) is 2.51. The zero-order chi connectivity index (χ0) is 16.9. The minimum Gasteiger partial charge on any atom is -0.493 e. The predicted octanol–water partition coefficient (Wildman–Crippen LogP) is 4.39. The van der Waals surface area contributed by atoms with Crippen molar-refractivity contribution in [2.45, 2.75) is 11.3 Å². The molecule has 2 rings (SSSR count). The third-order valence-corrected chi connectivity index (χ3v) is 5.36. The van der Waals surface area contributed by atoms with Crippen molar-refractivity contribution >= 4 is 44.8 Å². The summed E-state index contributed by atoms with van der Waals surface area (Å²) < 4.78 is 32.0. The molecule has 124 valence electrons. The van der Waals surface area contributed by atoms with Crippen LogP contribution >= 0.6 is 34.8 Å². The van der Waals surface area contributed by atoms with Gasteiger partial charge < -0.3 is 4.74 Å². The summed E-state index contributed by atoms with van der Waals surface area (Å²) in [5.41, 5.74) is 0. The first kappa shape index (κ1) is 18.4. The molecule has 0 aliphatic heterocycles. The molecule has 0 saturated carbocycles. The van der Waals surface area contributed by atoms with Crippen LogP contribution in [0.2, 0.25) is 15.1 Å². The van der Waals surface area contributed by atoms with Crippen molar-refractivity contribution in [2.75, 3.05) is 13.2 Å². The summed E-state index contributed by atoms with van der Waals surface area (Å²) in [7, 11) is -3.54. The number of hydrogen-bond donors (Lipinski definition) is 1. The van der Waals surface area contributed by atoms with Gasteiger partial charge in [0.2, 0.25) is 10.0 Å². The number of sulfonamides is 1. The first-order valence-corrected chi connectivity index (χ1v) is 9.33. The minimum absolute atomic E-state index is 0.173. The molecule has 0 saturated heterocycles. The largest absolute Gasteiger partial charge is 0.493 e. The smallest absolute Gasteiger partial charge is 0.240 e. The zero-order valence-corrected chi connectivity index (χ0v) is 15.0. The average molecular weight is 395 g/mol. The molecule has 0 bridgehead atoms. The van der Waals surface area contributed by atoms with E-state index in [1.54, 1.807) is 18.2 Å². The Balaban J connectivity index is 1.78. The summed E-state index contributed by atoms with van der Waals surface area (Å²) in [5, 5.41) is 1.35. The number of rotatable bonds is 7. The molecule has 0 amide bonds. The quantitative estimate of drug-likeness (QED) is 0.708. The lowest BCUT2D eigenvalue weighted by molar-refractivity contribution is 0.311. The fourth-order valence-corrected chi connectivity index (χ4v) is 3.22. The van der Waals surface area contributed by atoms with Crippen molar-refractivity contribution in [3.8, 4) is 5.75 Å². The maximum absolute atomic E-state index is 12.0. The molecule has 0 aliphatic carbocycles. The molecule has 23 heavy (non-hydrogen) atoms. The second-order valence-electron chi connectivity index (χ2n) is 4.63. The number of benzene rings is 2. The van der Waals surface area contributed by atoms with Gasteiger partial charge in [0.05, 0.1) is 21.5 Å². The highest BCUT2D eigenvalue weighted by Gasteiger charge is 2.12. The van der Waals surface area contributed by atoms with Crippen LogP contribution in [0.4, 0.5) is 0 Å². The van der Waals surface area contributed by atoms with Gasteiger partial charge in [-0.15, -0.1) is 0 Å². The van der Waals surface area contributed by atoms with Crippen molar-refractivity contribution in [3.05, 3.63) is 57.5 Å². The summed E-state index contributed by atoms with van der Waals surface area (Å²) in [4.78, 5) is 0.173. The molecule has 0 fully saturated rings. The highest BCUT2D eigenvalue weighted by Crippen LogP contribution is 2.26. The van der Waals surface area contributed by atoms with Crippen LogP contribution in [-0.4, -0.2) is 21.6 Å². The first-order valence-electron chi connectivity index (χ1n) is 6.71. The third-order valence-electron chi connectivity index (χ3n) is 2.90. The van der Waals surface area contributed by atoms with Crippen LogP contribution in [0.25, 0.3) is 0 Å². The lowest BCUT2D eigenvalue weighted by Crippen LogP contribution is -2.25. The van der Waals surface area contributed by atoms with Gasteiger partial charge >= 0.3 is 0 Å². The van der Waals surface area contributed by atoms with Gasteiger partial charge in [-0.3, -0.25) is 0 Å². The van der Waals surface area contributed by atoms with Crippen LogP contribution in [0.1, 0.15) is 6.42 Å². The lowest BCUT2D eigenvalue weighted by Gasteiger charge is -2.09. The molecule has 8 heteroatoms. The minimum atomic E-state index is -3.54. The molecule has 0 atom stereocenters. The van der Waals surface area contributed by atoms with Gasteiger partial charge in [-0.1, -0.05) is 34.8 Å². The predicted molar refractivity (Wildman–Crippen MR) is 93.2 cm³/mol. The second kappa shape index (κ2) is 8.22. The van der Waals surface area contributed by atoms with E-state index >= 15 is 0 Å². The number of halogens is 3. The van der Waals surface area contributed by atoms with Crippen LogP contribution in [0.15, 0.2) is 47.4 Å². The molecular formula is C15H14Cl3NO3S. The van der Waals surface area contributed by atoms with Gasteiger partial charge in [-0.25, -0.2) is 13.1 Å². The van der Waals surface area contributed by atoms with Crippen molar-refractivity contribution in [2.24, 2.45) is 0 Å². The number of hydrogen-bond acceptors (Lipinski definition) is 3. The molecule has 0 aliphatic rings. The van der Waals surface area contributed by atoms with Crippen LogP contribution in [-0.2, 0) is 10.0 Å². The maximum atomic E-state index is 12.0. The molecule has 2 aromatic carbocycles. The highest BCUT2D eigenvalue weighted by atomic mass is 35.5. The third kappa shape index (κ3) is 5.55. The SMILES string of the molecule is O=S(=O)(NCCCOc1ccc(Cl)c(Cl)c1)c1ccc(Cl)cc1. The number of nitrogens with one attached hydrogen (secondary N) is 1. The van der Waals surface area contributed by atoms with Crippen LogP contribution in [0.3, 0.4) is 0 Å². The topological polar surface area (TPSA) is 55.4 Å². The molecule has 0 aromatic heterocycles. The van der Waals surface area contributed by atoms with E-state index < -0.39 is 10.0 Å². The Labute approximate surface area is 150 Å². The van der Waals surface area contributed by atoms with Crippen LogP contribution in [0.5, 0.6) is 5.75 Å². The van der Waals surface area contributed by atoms with E-state index in [1.807, 2.05) is 0 Å². The van der Waals surface area contributed by atoms with E-state index in [-0.39, 0.29) is 11.4 Å². The number of ether oxygens (including phenoxy) is 1. The maximum Gasteiger partial charge on any atom is 0.240 e. The molecule has 0 heterocycles. The van der Waals surface area contributed by atoms with Crippen molar-refractivity contribution in [1.29, 1.82) is 0 Å². The Kier molecular flexibility index (Phi) is 6.56. The molecule has 0 spiro atoms. The van der Waals surface area contributed by atoms with E-state index in [2.05, 4.69) is 4.72 Å². The van der Waals surface area contributed by atoms with Crippen molar-refractivity contribution < 1.29 is 13.2 Å². The van der Waals surface area contributed by atoms with Gasteiger partial charge in [0.1, 0.15) is 5.75 Å². The molecule has 4 nitrogen and oxygen atoms in total. The molecule has 0 radical (unpaired) electrons. The highest BCUT2D eigenvalue weighted by molar-refractivity contribution is 7.89. The Morgan fingerprint density at radius 2 is 1.65 bits per heavy atom. The summed E-state index contributed by atoms with van der Waals surface area (Å²) >= 11 is 17.4. The molecular weight excluding hydrogens is 381 g/mol. The standard InChI is InChI=1S/C15H14Cl3NO3S/c16-11-2-5-13(6-3-11)23(20,21)19-8-1-9-22-12-4-7-14(17)15(18)10-12/h2-7,10,19H,1,8-9H2. The van der Waals surface area contributed by atoms with Gasteiger partial charge in [-0.2, -0.15) is 0 Å². The van der Waals surface area contributed by atoms with Crippen molar-refractivity contribution in [1.82, 2.24) is 4.72 Å². The normalized spacial score (nSPS) is 11.4. The van der Waals surface area contributed by atoms with E-state index in [0.29, 0.717) is 33.8 Å². The monoisotopic (exact) mass is 393 g/mol. The lowest BCUT2D eigenvalue weighted by atomic mass is 10.3. The summed E-state index contributed by atoms with van der Waals surface area (Å²) in [6.07, 6.45) is 0.507. The summed E-state index contributed by atoms with van der Waals surface area (Å²) in [6.45, 7) is 0.605. The van der Waals surface area contributed by atoms with E-state index in [4.69, 9.17) is 39.5 Å². The molecule has 2 aromatic rings. The summed E-state index contributed by atoms with van der Waals surface area (Å²) in [6, 6.07) is 10.9. The summed E-state index contributed by atoms with van der Waals surface area (Å²) in [5.74, 6) is 0.583. The van der Waals surface area contributed by atoms with Crippen LogP contribution in [0, 0.1) is 0 Å². The van der Waals surface area contributed by atoms with E-state index in [1.165, 1.54) is 24.3 Å². The van der Waals surface area contributed by atoms with Gasteiger partial charge in [-0.05, 0) is 42.8 Å². The van der Waals surface area contributed by atoms with Gasteiger partial charge in [0.15, 0.2) is 0 Å². The zero-order valence-electron chi connectivity index (χ0n) is 11.9. The molecule has 1 N–H and O–H groups in total. The Morgan fingerprint density at radius 1 is 0.957 bits per heavy atom. The van der Waals surface area contributed by atoms with Crippen LogP contribution < -0.4 is 9.46 Å². The Bertz CT molecular complexity index is 764. The molecule has 0 unspecified atom stereocenters. The Hall–Kier alpha value is -0.980. The van der Waals surface area contributed by atoms with E-state index in [0.717, 1.165) is 0 Å². The fraction of sp³-hybridized carbons (Fsp3) is 0.200. The first-order chi connectivity index (χ1) is 10.9. The second-order valence-corrected chi connectivity index (χ2v) is 7.65.